The minimum absolute atomic E-state index is 0.0966. The van der Waals surface area contributed by atoms with Crippen molar-refractivity contribution in [2.24, 2.45) is 7.05 Å². The first-order chi connectivity index (χ1) is 10.2. The molecule has 2 heterocycles. The molecule has 0 amide bonds. The van der Waals surface area contributed by atoms with Crippen LogP contribution in [0.5, 0.6) is 0 Å². The maximum Gasteiger partial charge on any atom is 0.149 e. The topological polar surface area (TPSA) is 73.5 Å². The maximum atomic E-state index is 4.46. The van der Waals surface area contributed by atoms with Gasteiger partial charge in [-0.3, -0.25) is 0 Å². The third kappa shape index (κ3) is 2.97. The SMILES string of the molecule is CC(NCc1cnn(-c2ccccc2)n1)c1nncn1C. The zero-order chi connectivity index (χ0) is 14.7. The van der Waals surface area contributed by atoms with Crippen LogP contribution in [-0.2, 0) is 13.6 Å². The highest BCUT2D eigenvalue weighted by Gasteiger charge is 2.11. The molecule has 1 atom stereocenters. The molecule has 21 heavy (non-hydrogen) atoms. The number of nitrogens with zero attached hydrogens (tertiary/aromatic N) is 6. The summed E-state index contributed by atoms with van der Waals surface area (Å²) >= 11 is 0. The number of aromatic nitrogens is 6. The quantitative estimate of drug-likeness (QED) is 0.763. The van der Waals surface area contributed by atoms with E-state index in [0.29, 0.717) is 6.54 Å². The molecular formula is C14H17N7. The van der Waals surface area contributed by atoms with Crippen molar-refractivity contribution in [3.63, 3.8) is 0 Å². The molecule has 0 saturated carbocycles. The molecule has 0 fully saturated rings. The van der Waals surface area contributed by atoms with Gasteiger partial charge in [-0.25, -0.2) is 0 Å². The highest BCUT2D eigenvalue weighted by molar-refractivity contribution is 5.28. The second-order valence-corrected chi connectivity index (χ2v) is 4.86. The number of aryl methyl sites for hydroxylation is 1. The second-order valence-electron chi connectivity index (χ2n) is 4.86. The fourth-order valence-electron chi connectivity index (χ4n) is 2.09. The average Bonchev–Trinajstić information content (AvgIpc) is 3.15. The molecule has 7 nitrogen and oxygen atoms in total. The van der Waals surface area contributed by atoms with Gasteiger partial charge in [0.2, 0.25) is 0 Å². The third-order valence-corrected chi connectivity index (χ3v) is 3.25. The summed E-state index contributed by atoms with van der Waals surface area (Å²) in [5.74, 6) is 0.894. The molecule has 108 valence electrons. The van der Waals surface area contributed by atoms with Crippen LogP contribution in [-0.4, -0.2) is 29.8 Å². The maximum absolute atomic E-state index is 4.46. The summed E-state index contributed by atoms with van der Waals surface area (Å²) in [5, 5.41) is 20.1. The van der Waals surface area contributed by atoms with Gasteiger partial charge in [-0.2, -0.15) is 15.0 Å². The molecule has 1 aromatic carbocycles. The molecule has 0 bridgehead atoms. The summed E-state index contributed by atoms with van der Waals surface area (Å²) < 4.78 is 1.90. The summed E-state index contributed by atoms with van der Waals surface area (Å²) in [6, 6.07) is 9.94. The van der Waals surface area contributed by atoms with Crippen LogP contribution in [0, 0.1) is 0 Å². The number of benzene rings is 1. The predicted molar refractivity (Wildman–Crippen MR) is 77.6 cm³/mol. The third-order valence-electron chi connectivity index (χ3n) is 3.25. The molecule has 3 aromatic rings. The van der Waals surface area contributed by atoms with Gasteiger partial charge in [0.1, 0.15) is 12.2 Å². The van der Waals surface area contributed by atoms with Crippen LogP contribution in [0.25, 0.3) is 5.69 Å². The molecule has 0 spiro atoms. The lowest BCUT2D eigenvalue weighted by Gasteiger charge is -2.11. The lowest BCUT2D eigenvalue weighted by atomic mass is 10.3. The fourth-order valence-corrected chi connectivity index (χ4v) is 2.09. The van der Waals surface area contributed by atoms with Gasteiger partial charge in [-0.1, -0.05) is 18.2 Å². The first-order valence-corrected chi connectivity index (χ1v) is 6.78. The van der Waals surface area contributed by atoms with Crippen molar-refractivity contribution in [3.8, 4) is 5.69 Å². The predicted octanol–water partition coefficient (Wildman–Crippen LogP) is 1.25. The van der Waals surface area contributed by atoms with E-state index in [-0.39, 0.29) is 6.04 Å². The standard InChI is InChI=1S/C14H17N7/c1-11(14-18-16-10-20(14)2)15-8-12-9-17-21(19-12)13-6-4-3-5-7-13/h3-7,9-11,15H,8H2,1-2H3. The highest BCUT2D eigenvalue weighted by atomic mass is 15.5. The lowest BCUT2D eigenvalue weighted by molar-refractivity contribution is 0.521. The Morgan fingerprint density at radius 3 is 2.76 bits per heavy atom. The van der Waals surface area contributed by atoms with Gasteiger partial charge in [0, 0.05) is 13.6 Å². The first-order valence-electron chi connectivity index (χ1n) is 6.78. The van der Waals surface area contributed by atoms with E-state index in [4.69, 9.17) is 0 Å². The Balaban J connectivity index is 1.64. The van der Waals surface area contributed by atoms with Crippen LogP contribution in [0.3, 0.4) is 0 Å². The van der Waals surface area contributed by atoms with Crippen LogP contribution >= 0.6 is 0 Å². The van der Waals surface area contributed by atoms with E-state index in [1.54, 1.807) is 17.3 Å². The Morgan fingerprint density at radius 1 is 1.24 bits per heavy atom. The van der Waals surface area contributed by atoms with Crippen LogP contribution in [0.2, 0.25) is 0 Å². The molecule has 0 saturated heterocycles. The van der Waals surface area contributed by atoms with Crippen LogP contribution in [0.4, 0.5) is 0 Å². The molecule has 0 aliphatic carbocycles. The normalized spacial score (nSPS) is 12.5. The van der Waals surface area contributed by atoms with Gasteiger partial charge in [0.15, 0.2) is 0 Å². The number of rotatable bonds is 5. The van der Waals surface area contributed by atoms with Gasteiger partial charge in [-0.05, 0) is 19.1 Å². The molecule has 0 radical (unpaired) electrons. The van der Waals surface area contributed by atoms with Gasteiger partial charge >= 0.3 is 0 Å². The van der Waals surface area contributed by atoms with Gasteiger partial charge in [0.05, 0.1) is 23.6 Å². The minimum Gasteiger partial charge on any atom is -0.319 e. The summed E-state index contributed by atoms with van der Waals surface area (Å²) in [6.07, 6.45) is 3.46. The molecule has 3 rings (SSSR count). The largest absolute Gasteiger partial charge is 0.319 e. The van der Waals surface area contributed by atoms with E-state index in [9.17, 15) is 0 Å². The fraction of sp³-hybridized carbons (Fsp3) is 0.286. The molecular weight excluding hydrogens is 266 g/mol. The summed E-state index contributed by atoms with van der Waals surface area (Å²) in [5.41, 5.74) is 1.83. The minimum atomic E-state index is 0.0966. The Labute approximate surface area is 122 Å². The second kappa shape index (κ2) is 5.84. The van der Waals surface area contributed by atoms with E-state index in [1.807, 2.05) is 48.9 Å². The Bertz CT molecular complexity index is 701. The van der Waals surface area contributed by atoms with Crippen molar-refractivity contribution in [2.75, 3.05) is 0 Å². The van der Waals surface area contributed by atoms with E-state index in [1.165, 1.54) is 0 Å². The zero-order valence-corrected chi connectivity index (χ0v) is 12.0. The van der Waals surface area contributed by atoms with Crippen molar-refractivity contribution in [1.29, 1.82) is 0 Å². The first kappa shape index (κ1) is 13.4. The monoisotopic (exact) mass is 283 g/mol. The highest BCUT2D eigenvalue weighted by Crippen LogP contribution is 2.09. The summed E-state index contributed by atoms with van der Waals surface area (Å²) in [7, 11) is 1.93. The summed E-state index contributed by atoms with van der Waals surface area (Å²) in [4.78, 5) is 1.63. The van der Waals surface area contributed by atoms with Crippen molar-refractivity contribution >= 4 is 0 Å². The van der Waals surface area contributed by atoms with Crippen LogP contribution in [0.15, 0.2) is 42.9 Å². The number of hydrogen-bond acceptors (Lipinski definition) is 5. The molecule has 1 N–H and O–H groups in total. The number of nitrogens with one attached hydrogen (secondary N) is 1. The Kier molecular flexibility index (Phi) is 3.74. The Hall–Kier alpha value is -2.54. The van der Waals surface area contributed by atoms with Crippen molar-refractivity contribution in [3.05, 3.63) is 54.4 Å². The smallest absolute Gasteiger partial charge is 0.149 e. The van der Waals surface area contributed by atoms with Crippen LogP contribution in [0.1, 0.15) is 24.5 Å². The molecule has 7 heteroatoms. The summed E-state index contributed by atoms with van der Waals surface area (Å²) in [6.45, 7) is 2.67. The van der Waals surface area contributed by atoms with Crippen LogP contribution < -0.4 is 5.32 Å². The number of hydrogen-bond donors (Lipinski definition) is 1. The van der Waals surface area contributed by atoms with Crippen molar-refractivity contribution in [1.82, 2.24) is 35.1 Å². The number of para-hydroxylation sites is 1. The van der Waals surface area contributed by atoms with Gasteiger partial charge in [-0.15, -0.1) is 10.2 Å². The van der Waals surface area contributed by atoms with E-state index >= 15 is 0 Å². The Morgan fingerprint density at radius 2 is 2.05 bits per heavy atom. The van der Waals surface area contributed by atoms with Crippen molar-refractivity contribution in [2.45, 2.75) is 19.5 Å². The van der Waals surface area contributed by atoms with Gasteiger partial charge in [0.25, 0.3) is 0 Å². The molecule has 2 aromatic heterocycles. The molecule has 0 aliphatic heterocycles. The zero-order valence-electron chi connectivity index (χ0n) is 12.0. The van der Waals surface area contributed by atoms with E-state index in [2.05, 4.69) is 25.7 Å². The van der Waals surface area contributed by atoms with E-state index < -0.39 is 0 Å². The molecule has 1 unspecified atom stereocenters. The average molecular weight is 283 g/mol. The lowest BCUT2D eigenvalue weighted by Crippen LogP contribution is -2.21. The van der Waals surface area contributed by atoms with Gasteiger partial charge < -0.3 is 9.88 Å². The van der Waals surface area contributed by atoms with E-state index in [0.717, 1.165) is 17.2 Å². The van der Waals surface area contributed by atoms with Crippen molar-refractivity contribution < 1.29 is 0 Å². The molecule has 0 aliphatic rings.